The zero-order valence-corrected chi connectivity index (χ0v) is 12.9. The normalized spacial score (nSPS) is 12.0. The maximum atomic E-state index is 13.1. The van der Waals surface area contributed by atoms with Crippen molar-refractivity contribution in [3.8, 4) is 0 Å². The highest BCUT2D eigenvalue weighted by molar-refractivity contribution is 5.84. The van der Waals surface area contributed by atoms with Crippen LogP contribution in [0.2, 0.25) is 0 Å². The van der Waals surface area contributed by atoms with Gasteiger partial charge in [0.15, 0.2) is 0 Å². The fraction of sp³-hybridized carbons (Fsp3) is 0.278. The SMILES string of the molecule is COCCNC(=O)C(Cc1ccc(F)cc1)c1ccc(F)cc1. The first-order valence-corrected chi connectivity index (χ1v) is 7.36. The second-order valence-electron chi connectivity index (χ2n) is 5.22. The van der Waals surface area contributed by atoms with Gasteiger partial charge in [-0.25, -0.2) is 8.78 Å². The fourth-order valence-corrected chi connectivity index (χ4v) is 2.31. The molecule has 0 heterocycles. The van der Waals surface area contributed by atoms with Gasteiger partial charge in [-0.3, -0.25) is 4.79 Å². The first-order valence-electron chi connectivity index (χ1n) is 7.36. The number of ether oxygens (including phenoxy) is 1. The fourth-order valence-electron chi connectivity index (χ4n) is 2.31. The molecule has 2 aromatic carbocycles. The Morgan fingerprint density at radius 3 is 2.17 bits per heavy atom. The minimum absolute atomic E-state index is 0.169. The average Bonchev–Trinajstić information content (AvgIpc) is 2.55. The summed E-state index contributed by atoms with van der Waals surface area (Å²) in [6, 6.07) is 11.9. The van der Waals surface area contributed by atoms with Crippen molar-refractivity contribution in [2.75, 3.05) is 20.3 Å². The molecule has 0 fully saturated rings. The zero-order chi connectivity index (χ0) is 16.7. The molecule has 0 aliphatic carbocycles. The van der Waals surface area contributed by atoms with Crippen LogP contribution in [0.15, 0.2) is 48.5 Å². The van der Waals surface area contributed by atoms with Crippen molar-refractivity contribution < 1.29 is 18.3 Å². The van der Waals surface area contributed by atoms with Crippen molar-refractivity contribution in [1.29, 1.82) is 0 Å². The van der Waals surface area contributed by atoms with Crippen molar-refractivity contribution >= 4 is 5.91 Å². The molecular weight excluding hydrogens is 300 g/mol. The number of hydrogen-bond donors (Lipinski definition) is 1. The van der Waals surface area contributed by atoms with E-state index in [0.29, 0.717) is 25.1 Å². The number of carbonyl (C=O) groups is 1. The van der Waals surface area contributed by atoms with E-state index in [4.69, 9.17) is 4.74 Å². The summed E-state index contributed by atoms with van der Waals surface area (Å²) in [4.78, 5) is 12.4. The summed E-state index contributed by atoms with van der Waals surface area (Å²) in [5, 5.41) is 2.80. The number of carbonyl (C=O) groups excluding carboxylic acids is 1. The molecule has 0 aromatic heterocycles. The minimum Gasteiger partial charge on any atom is -0.383 e. The molecule has 0 aliphatic heterocycles. The van der Waals surface area contributed by atoms with Crippen LogP contribution in [0.4, 0.5) is 8.78 Å². The Morgan fingerprint density at radius 1 is 1.04 bits per heavy atom. The first kappa shape index (κ1) is 17.1. The van der Waals surface area contributed by atoms with Gasteiger partial charge in [0.1, 0.15) is 11.6 Å². The Hall–Kier alpha value is -2.27. The van der Waals surface area contributed by atoms with Gasteiger partial charge in [-0.05, 0) is 41.8 Å². The highest BCUT2D eigenvalue weighted by Crippen LogP contribution is 2.22. The van der Waals surface area contributed by atoms with Gasteiger partial charge in [-0.1, -0.05) is 24.3 Å². The van der Waals surface area contributed by atoms with Crippen molar-refractivity contribution in [3.05, 3.63) is 71.3 Å². The van der Waals surface area contributed by atoms with E-state index in [1.165, 1.54) is 24.3 Å². The van der Waals surface area contributed by atoms with Crippen LogP contribution >= 0.6 is 0 Å². The zero-order valence-electron chi connectivity index (χ0n) is 12.9. The number of benzene rings is 2. The predicted molar refractivity (Wildman–Crippen MR) is 84.1 cm³/mol. The number of nitrogens with one attached hydrogen (secondary N) is 1. The highest BCUT2D eigenvalue weighted by atomic mass is 19.1. The molecule has 2 rings (SSSR count). The van der Waals surface area contributed by atoms with Gasteiger partial charge in [0.25, 0.3) is 0 Å². The number of rotatable bonds is 7. The molecular formula is C18H19F2NO2. The van der Waals surface area contributed by atoms with Crippen LogP contribution in [-0.4, -0.2) is 26.2 Å². The lowest BCUT2D eigenvalue weighted by Crippen LogP contribution is -2.33. The molecule has 0 spiro atoms. The number of halogens is 2. The van der Waals surface area contributed by atoms with E-state index < -0.39 is 5.92 Å². The predicted octanol–water partition coefficient (Wildman–Crippen LogP) is 3.05. The number of hydrogen-bond acceptors (Lipinski definition) is 2. The highest BCUT2D eigenvalue weighted by Gasteiger charge is 2.21. The van der Waals surface area contributed by atoms with E-state index in [-0.39, 0.29) is 17.5 Å². The summed E-state index contributed by atoms with van der Waals surface area (Å²) in [6.45, 7) is 0.814. The summed E-state index contributed by atoms with van der Waals surface area (Å²) >= 11 is 0. The smallest absolute Gasteiger partial charge is 0.227 e. The second-order valence-corrected chi connectivity index (χ2v) is 5.22. The lowest BCUT2D eigenvalue weighted by Gasteiger charge is -2.17. The molecule has 0 aliphatic rings. The number of amides is 1. The molecule has 1 unspecified atom stereocenters. The van der Waals surface area contributed by atoms with Crippen LogP contribution in [0.3, 0.4) is 0 Å². The van der Waals surface area contributed by atoms with Crippen molar-refractivity contribution in [3.63, 3.8) is 0 Å². The molecule has 23 heavy (non-hydrogen) atoms. The van der Waals surface area contributed by atoms with Crippen LogP contribution in [0, 0.1) is 11.6 Å². The molecule has 2 aromatic rings. The van der Waals surface area contributed by atoms with E-state index >= 15 is 0 Å². The lowest BCUT2D eigenvalue weighted by molar-refractivity contribution is -0.122. The molecule has 0 saturated carbocycles. The molecule has 0 saturated heterocycles. The summed E-state index contributed by atoms with van der Waals surface area (Å²) in [5.41, 5.74) is 1.55. The van der Waals surface area contributed by atoms with Crippen LogP contribution in [0.5, 0.6) is 0 Å². The van der Waals surface area contributed by atoms with E-state index in [2.05, 4.69) is 5.32 Å². The monoisotopic (exact) mass is 319 g/mol. The second kappa shape index (κ2) is 8.39. The molecule has 0 radical (unpaired) electrons. The molecule has 0 bridgehead atoms. The van der Waals surface area contributed by atoms with E-state index in [9.17, 15) is 13.6 Å². The van der Waals surface area contributed by atoms with E-state index in [1.54, 1.807) is 31.4 Å². The Labute approximate surface area is 134 Å². The molecule has 1 N–H and O–H groups in total. The van der Waals surface area contributed by atoms with Crippen molar-refractivity contribution in [2.24, 2.45) is 0 Å². The molecule has 1 amide bonds. The lowest BCUT2D eigenvalue weighted by atomic mass is 9.91. The number of methoxy groups -OCH3 is 1. The summed E-state index contributed by atoms with van der Waals surface area (Å²) in [5.74, 6) is -1.32. The molecule has 1 atom stereocenters. The van der Waals surface area contributed by atoms with Gasteiger partial charge in [0.2, 0.25) is 5.91 Å². The minimum atomic E-state index is -0.474. The first-order chi connectivity index (χ1) is 11.1. The van der Waals surface area contributed by atoms with Crippen molar-refractivity contribution in [1.82, 2.24) is 5.32 Å². The Kier molecular flexibility index (Phi) is 6.23. The third-order valence-electron chi connectivity index (χ3n) is 3.55. The molecule has 5 heteroatoms. The Balaban J connectivity index is 2.17. The standard InChI is InChI=1S/C18H19F2NO2/c1-23-11-10-21-18(22)17(14-4-8-16(20)9-5-14)12-13-2-6-15(19)7-3-13/h2-9,17H,10-12H2,1H3,(H,21,22). The maximum absolute atomic E-state index is 13.1. The third-order valence-corrected chi connectivity index (χ3v) is 3.55. The van der Waals surface area contributed by atoms with Gasteiger partial charge in [0.05, 0.1) is 12.5 Å². The Morgan fingerprint density at radius 2 is 1.61 bits per heavy atom. The summed E-state index contributed by atoms with van der Waals surface area (Å²) in [6.07, 6.45) is 0.407. The van der Waals surface area contributed by atoms with E-state index in [1.807, 2.05) is 0 Å². The van der Waals surface area contributed by atoms with Gasteiger partial charge >= 0.3 is 0 Å². The quantitative estimate of drug-likeness (QED) is 0.797. The molecule has 3 nitrogen and oxygen atoms in total. The average molecular weight is 319 g/mol. The van der Waals surface area contributed by atoms with Crippen molar-refractivity contribution in [2.45, 2.75) is 12.3 Å². The van der Waals surface area contributed by atoms with Gasteiger partial charge in [-0.15, -0.1) is 0 Å². The summed E-state index contributed by atoms with van der Waals surface area (Å²) in [7, 11) is 1.56. The summed E-state index contributed by atoms with van der Waals surface area (Å²) < 4.78 is 31.1. The topological polar surface area (TPSA) is 38.3 Å². The largest absolute Gasteiger partial charge is 0.383 e. The van der Waals surface area contributed by atoms with Gasteiger partial charge in [0, 0.05) is 13.7 Å². The van der Waals surface area contributed by atoms with Crippen LogP contribution in [0.25, 0.3) is 0 Å². The van der Waals surface area contributed by atoms with Gasteiger partial charge in [-0.2, -0.15) is 0 Å². The van der Waals surface area contributed by atoms with E-state index in [0.717, 1.165) is 5.56 Å². The maximum Gasteiger partial charge on any atom is 0.227 e. The van der Waals surface area contributed by atoms with Gasteiger partial charge < -0.3 is 10.1 Å². The van der Waals surface area contributed by atoms with Crippen LogP contribution in [0.1, 0.15) is 17.0 Å². The molecule has 122 valence electrons. The van der Waals surface area contributed by atoms with Crippen LogP contribution in [-0.2, 0) is 16.0 Å². The third kappa shape index (κ3) is 5.14. The Bertz CT molecular complexity index is 626. The van der Waals surface area contributed by atoms with Crippen LogP contribution < -0.4 is 5.32 Å².